The van der Waals surface area contributed by atoms with Crippen LogP contribution in [0.15, 0.2) is 12.3 Å². The largest absolute Gasteiger partial charge is 0.397 e. The van der Waals surface area contributed by atoms with Gasteiger partial charge in [-0.1, -0.05) is 0 Å². The van der Waals surface area contributed by atoms with Crippen molar-refractivity contribution < 1.29 is 13.2 Å². The summed E-state index contributed by atoms with van der Waals surface area (Å²) in [5.41, 5.74) is 7.00. The minimum atomic E-state index is -4.06. The number of nitrogen functional groups attached to an aromatic ring is 1. The van der Waals surface area contributed by atoms with Gasteiger partial charge in [0.05, 0.1) is 11.9 Å². The topological polar surface area (TPSA) is 50.9 Å². The number of halogens is 3. The number of hydrogen-bond acceptors (Lipinski definition) is 3. The molecule has 0 aliphatic rings. The fourth-order valence-electron chi connectivity index (χ4n) is 1.44. The summed E-state index contributed by atoms with van der Waals surface area (Å²) in [6.45, 7) is 2.33. The molecule has 0 aliphatic heterocycles. The smallest absolute Gasteiger partial charge is 0.389 e. The Bertz CT molecular complexity index is 363. The van der Waals surface area contributed by atoms with Gasteiger partial charge in [0.25, 0.3) is 0 Å². The Hall–Kier alpha value is -1.46. The fourth-order valence-corrected chi connectivity index (χ4v) is 1.44. The number of pyridine rings is 1. The summed E-state index contributed by atoms with van der Waals surface area (Å²) in [5.74, 6) is 0.672. The molecule has 0 spiro atoms. The van der Waals surface area contributed by atoms with Crippen molar-refractivity contribution in [3.8, 4) is 0 Å². The van der Waals surface area contributed by atoms with Gasteiger partial charge in [0.1, 0.15) is 5.82 Å². The van der Waals surface area contributed by atoms with Crippen LogP contribution in [0.5, 0.6) is 0 Å². The predicted molar refractivity (Wildman–Crippen MR) is 61.8 cm³/mol. The summed E-state index contributed by atoms with van der Waals surface area (Å²) >= 11 is 0. The first-order valence-electron chi connectivity index (χ1n) is 5.41. The van der Waals surface area contributed by atoms with Crippen LogP contribution >= 0.6 is 0 Å². The number of nitrogens with two attached hydrogens (primary N) is 1. The molecule has 1 heterocycles. The maximum absolute atomic E-state index is 11.9. The lowest BCUT2D eigenvalue weighted by atomic mass is 10.2. The Morgan fingerprint density at radius 3 is 2.65 bits per heavy atom. The second-order valence-electron chi connectivity index (χ2n) is 3.93. The van der Waals surface area contributed by atoms with Gasteiger partial charge < -0.3 is 11.1 Å². The summed E-state index contributed by atoms with van der Waals surface area (Å²) in [5, 5.41) is 2.99. The Labute approximate surface area is 98.2 Å². The first-order valence-corrected chi connectivity index (χ1v) is 5.41. The van der Waals surface area contributed by atoms with Crippen molar-refractivity contribution >= 4 is 11.5 Å². The summed E-state index contributed by atoms with van der Waals surface area (Å²) in [4.78, 5) is 4.07. The molecule has 0 unspecified atom stereocenters. The molecule has 0 fully saturated rings. The average Bonchev–Trinajstić information content (AvgIpc) is 2.18. The number of rotatable bonds is 5. The SMILES string of the molecule is Cc1cc(N)cnc1NCCCCC(F)(F)F. The zero-order chi connectivity index (χ0) is 12.9. The summed E-state index contributed by atoms with van der Waals surface area (Å²) < 4.78 is 35.6. The molecule has 0 amide bonds. The van der Waals surface area contributed by atoms with E-state index in [0.29, 0.717) is 24.5 Å². The van der Waals surface area contributed by atoms with Gasteiger partial charge in [-0.2, -0.15) is 13.2 Å². The Morgan fingerprint density at radius 2 is 2.06 bits per heavy atom. The number of unbranched alkanes of at least 4 members (excludes halogenated alkanes) is 1. The van der Waals surface area contributed by atoms with Gasteiger partial charge in [-0.25, -0.2) is 4.98 Å². The van der Waals surface area contributed by atoms with Gasteiger partial charge in [-0.05, 0) is 31.4 Å². The van der Waals surface area contributed by atoms with E-state index in [2.05, 4.69) is 10.3 Å². The molecule has 17 heavy (non-hydrogen) atoms. The highest BCUT2D eigenvalue weighted by Crippen LogP contribution is 2.22. The van der Waals surface area contributed by atoms with E-state index in [4.69, 9.17) is 5.73 Å². The molecule has 3 nitrogen and oxygen atoms in total. The van der Waals surface area contributed by atoms with Crippen molar-refractivity contribution in [1.29, 1.82) is 0 Å². The molecular weight excluding hydrogens is 231 g/mol. The van der Waals surface area contributed by atoms with E-state index >= 15 is 0 Å². The number of aryl methyl sites for hydroxylation is 1. The van der Waals surface area contributed by atoms with Crippen LogP contribution in [0.3, 0.4) is 0 Å². The van der Waals surface area contributed by atoms with Gasteiger partial charge in [0.15, 0.2) is 0 Å². The monoisotopic (exact) mass is 247 g/mol. The standard InChI is InChI=1S/C11H16F3N3/c1-8-6-9(15)7-17-10(8)16-5-3-2-4-11(12,13)14/h6-7H,2-5,15H2,1H3,(H,16,17). The minimum absolute atomic E-state index is 0.129. The van der Waals surface area contributed by atoms with Crippen molar-refractivity contribution in [2.45, 2.75) is 32.4 Å². The molecule has 0 bridgehead atoms. The molecule has 0 saturated carbocycles. The van der Waals surface area contributed by atoms with Crippen molar-refractivity contribution in [1.82, 2.24) is 4.98 Å². The van der Waals surface area contributed by atoms with Crippen molar-refractivity contribution in [3.63, 3.8) is 0 Å². The van der Waals surface area contributed by atoms with Crippen LogP contribution in [0.2, 0.25) is 0 Å². The highest BCUT2D eigenvalue weighted by atomic mass is 19.4. The van der Waals surface area contributed by atoms with Crippen molar-refractivity contribution in [3.05, 3.63) is 17.8 Å². The molecule has 0 atom stereocenters. The normalized spacial score (nSPS) is 11.5. The number of anilines is 2. The molecule has 3 N–H and O–H groups in total. The summed E-state index contributed by atoms with van der Waals surface area (Å²) in [6.07, 6.45) is -2.68. The van der Waals surface area contributed by atoms with Crippen molar-refractivity contribution in [2.24, 2.45) is 0 Å². The Balaban J connectivity index is 2.27. The van der Waals surface area contributed by atoms with E-state index in [9.17, 15) is 13.2 Å². The number of nitrogens with one attached hydrogen (secondary N) is 1. The molecule has 1 aromatic rings. The molecule has 0 saturated heterocycles. The van der Waals surface area contributed by atoms with Crippen LogP contribution in [0.25, 0.3) is 0 Å². The van der Waals surface area contributed by atoms with Crippen LogP contribution in [-0.2, 0) is 0 Å². The van der Waals surface area contributed by atoms with Gasteiger partial charge >= 0.3 is 6.18 Å². The van der Waals surface area contributed by atoms with E-state index in [1.165, 1.54) is 6.20 Å². The minimum Gasteiger partial charge on any atom is -0.397 e. The zero-order valence-corrected chi connectivity index (χ0v) is 9.64. The maximum atomic E-state index is 11.9. The van der Waals surface area contributed by atoms with Gasteiger partial charge in [0.2, 0.25) is 0 Å². The molecule has 0 radical (unpaired) electrons. The quantitative estimate of drug-likeness (QED) is 0.786. The second kappa shape index (κ2) is 5.75. The predicted octanol–water partition coefficient (Wildman–Crippen LogP) is 3.12. The Kier molecular flexibility index (Phi) is 4.60. The number of nitrogens with zero attached hydrogens (tertiary/aromatic N) is 1. The van der Waals surface area contributed by atoms with E-state index in [1.807, 2.05) is 6.92 Å². The second-order valence-corrected chi connectivity index (χ2v) is 3.93. The maximum Gasteiger partial charge on any atom is 0.389 e. The number of alkyl halides is 3. The third-order valence-corrected chi connectivity index (χ3v) is 2.28. The van der Waals surface area contributed by atoms with E-state index in [-0.39, 0.29) is 6.42 Å². The van der Waals surface area contributed by atoms with Gasteiger partial charge in [-0.3, -0.25) is 0 Å². The molecule has 6 heteroatoms. The number of hydrogen-bond donors (Lipinski definition) is 2. The van der Waals surface area contributed by atoms with Crippen LogP contribution < -0.4 is 11.1 Å². The first kappa shape index (κ1) is 13.6. The summed E-state index contributed by atoms with van der Waals surface area (Å²) in [7, 11) is 0. The third-order valence-electron chi connectivity index (χ3n) is 2.28. The molecular formula is C11H16F3N3. The molecule has 0 aliphatic carbocycles. The average molecular weight is 247 g/mol. The third kappa shape index (κ3) is 5.42. The van der Waals surface area contributed by atoms with E-state index in [0.717, 1.165) is 5.56 Å². The Morgan fingerprint density at radius 1 is 1.35 bits per heavy atom. The molecule has 96 valence electrons. The van der Waals surface area contributed by atoms with Crippen LogP contribution in [-0.4, -0.2) is 17.7 Å². The summed E-state index contributed by atoms with van der Waals surface area (Å²) in [6, 6.07) is 1.77. The highest BCUT2D eigenvalue weighted by molar-refractivity contribution is 5.50. The number of aromatic nitrogens is 1. The molecule has 1 rings (SSSR count). The fraction of sp³-hybridized carbons (Fsp3) is 0.545. The lowest BCUT2D eigenvalue weighted by molar-refractivity contribution is -0.135. The van der Waals surface area contributed by atoms with E-state index < -0.39 is 12.6 Å². The van der Waals surface area contributed by atoms with E-state index in [1.54, 1.807) is 6.07 Å². The molecule has 1 aromatic heterocycles. The van der Waals surface area contributed by atoms with Gasteiger partial charge in [-0.15, -0.1) is 0 Å². The molecule has 0 aromatic carbocycles. The van der Waals surface area contributed by atoms with Crippen LogP contribution in [0.1, 0.15) is 24.8 Å². The highest BCUT2D eigenvalue weighted by Gasteiger charge is 2.25. The lowest BCUT2D eigenvalue weighted by Crippen LogP contribution is -2.09. The van der Waals surface area contributed by atoms with Crippen molar-refractivity contribution in [2.75, 3.05) is 17.6 Å². The van der Waals surface area contributed by atoms with Gasteiger partial charge in [0, 0.05) is 13.0 Å². The first-order chi connectivity index (χ1) is 7.88. The van der Waals surface area contributed by atoms with Crippen LogP contribution in [0, 0.1) is 6.92 Å². The zero-order valence-electron chi connectivity index (χ0n) is 9.64. The lowest BCUT2D eigenvalue weighted by Gasteiger charge is -2.09. The van der Waals surface area contributed by atoms with Crippen LogP contribution in [0.4, 0.5) is 24.7 Å².